The molecule has 0 bridgehead atoms. The molecule has 0 heterocycles. The first kappa shape index (κ1) is 17.4. The van der Waals surface area contributed by atoms with Crippen molar-refractivity contribution in [3.05, 3.63) is 23.8 Å². The van der Waals surface area contributed by atoms with E-state index < -0.39 is 16.0 Å². The molecule has 0 unspecified atom stereocenters. The number of carboxylic acids is 1. The smallest absolute Gasteiger partial charge is 0.339 e. The van der Waals surface area contributed by atoms with E-state index >= 15 is 0 Å². The lowest BCUT2D eigenvalue weighted by atomic mass is 10.2. The number of sulfonamides is 1. The third-order valence-corrected chi connectivity index (χ3v) is 4.76. The van der Waals surface area contributed by atoms with E-state index in [2.05, 4.69) is 10.6 Å². The summed E-state index contributed by atoms with van der Waals surface area (Å²) in [5, 5.41) is 9.04. The first-order chi connectivity index (χ1) is 9.92. The largest absolute Gasteiger partial charge is 0.496 e. The molecule has 0 radical (unpaired) electrons. The minimum Gasteiger partial charge on any atom is -0.496 e. The lowest BCUT2D eigenvalue weighted by Crippen LogP contribution is -2.26. The number of hydrogen-bond acceptors (Lipinski definition) is 5. The van der Waals surface area contributed by atoms with Crippen molar-refractivity contribution in [3.8, 4) is 18.1 Å². The van der Waals surface area contributed by atoms with Gasteiger partial charge < -0.3 is 9.84 Å². The molecule has 0 spiro atoms. The molecule has 1 aromatic carbocycles. The fourth-order valence-corrected chi connectivity index (χ4v) is 3.18. The average Bonchev–Trinajstić information content (AvgIpc) is 2.46. The Kier molecular flexibility index (Phi) is 6.55. The van der Waals surface area contributed by atoms with Gasteiger partial charge in [-0.25, -0.2) is 17.9 Å². The van der Waals surface area contributed by atoms with Gasteiger partial charge in [0.25, 0.3) is 0 Å². The van der Waals surface area contributed by atoms with Crippen LogP contribution >= 0.6 is 11.8 Å². The van der Waals surface area contributed by atoms with Gasteiger partial charge in [0, 0.05) is 12.3 Å². The first-order valence-electron chi connectivity index (χ1n) is 5.84. The highest BCUT2D eigenvalue weighted by atomic mass is 32.2. The van der Waals surface area contributed by atoms with Crippen molar-refractivity contribution in [1.29, 1.82) is 0 Å². The van der Waals surface area contributed by atoms with Gasteiger partial charge in [0.05, 0.1) is 17.8 Å². The molecule has 0 fully saturated rings. The van der Waals surface area contributed by atoms with Crippen LogP contribution in [0.1, 0.15) is 10.4 Å². The van der Waals surface area contributed by atoms with Gasteiger partial charge in [0.1, 0.15) is 11.3 Å². The van der Waals surface area contributed by atoms with E-state index in [0.717, 1.165) is 6.07 Å². The summed E-state index contributed by atoms with van der Waals surface area (Å²) in [6.45, 7) is 0.211. The number of carboxylic acid groups (broad SMARTS) is 1. The molecule has 0 amide bonds. The SMILES string of the molecule is C#CCSCCNS(=O)(=O)c1ccc(OC)c(C(=O)O)c1. The zero-order valence-electron chi connectivity index (χ0n) is 11.3. The van der Waals surface area contributed by atoms with Gasteiger partial charge in [-0.2, -0.15) is 0 Å². The van der Waals surface area contributed by atoms with E-state index in [-0.39, 0.29) is 22.8 Å². The fraction of sp³-hybridized carbons (Fsp3) is 0.308. The summed E-state index contributed by atoms with van der Waals surface area (Å²) in [6, 6.07) is 3.67. The molecule has 6 nitrogen and oxygen atoms in total. The van der Waals surface area contributed by atoms with Crippen LogP contribution in [0.5, 0.6) is 5.75 Å². The lowest BCUT2D eigenvalue weighted by Gasteiger charge is -2.09. The van der Waals surface area contributed by atoms with Crippen molar-refractivity contribution in [2.24, 2.45) is 0 Å². The molecule has 1 aromatic rings. The van der Waals surface area contributed by atoms with Crippen LogP contribution in [-0.2, 0) is 10.0 Å². The van der Waals surface area contributed by atoms with Crippen LogP contribution in [0.15, 0.2) is 23.1 Å². The third-order valence-electron chi connectivity index (χ3n) is 2.44. The van der Waals surface area contributed by atoms with Gasteiger partial charge in [-0.1, -0.05) is 5.92 Å². The number of methoxy groups -OCH3 is 1. The maximum Gasteiger partial charge on any atom is 0.339 e. The van der Waals surface area contributed by atoms with E-state index in [0.29, 0.717) is 11.5 Å². The van der Waals surface area contributed by atoms with E-state index in [4.69, 9.17) is 16.3 Å². The maximum absolute atomic E-state index is 12.0. The summed E-state index contributed by atoms with van der Waals surface area (Å²) in [5.41, 5.74) is -0.206. The van der Waals surface area contributed by atoms with Crippen LogP contribution in [0.4, 0.5) is 0 Å². The Hall–Kier alpha value is -1.69. The van der Waals surface area contributed by atoms with Crippen LogP contribution in [0, 0.1) is 12.3 Å². The highest BCUT2D eigenvalue weighted by molar-refractivity contribution is 7.99. The van der Waals surface area contributed by atoms with Crippen LogP contribution in [-0.4, -0.2) is 44.7 Å². The second-order valence-electron chi connectivity index (χ2n) is 3.82. The predicted molar refractivity (Wildman–Crippen MR) is 81.3 cm³/mol. The molecule has 0 aliphatic rings. The average molecular weight is 329 g/mol. The van der Waals surface area contributed by atoms with Gasteiger partial charge in [0.2, 0.25) is 10.0 Å². The molecular weight excluding hydrogens is 314 g/mol. The van der Waals surface area contributed by atoms with Gasteiger partial charge in [0.15, 0.2) is 0 Å². The summed E-state index contributed by atoms with van der Waals surface area (Å²) in [4.78, 5) is 11.0. The topological polar surface area (TPSA) is 92.7 Å². The van der Waals surface area contributed by atoms with Crippen molar-refractivity contribution in [2.45, 2.75) is 4.90 Å². The number of ether oxygens (including phenoxy) is 1. The van der Waals surface area contributed by atoms with E-state index in [9.17, 15) is 13.2 Å². The maximum atomic E-state index is 12.0. The number of terminal acetylenes is 1. The first-order valence-corrected chi connectivity index (χ1v) is 8.48. The number of benzene rings is 1. The number of hydrogen-bond donors (Lipinski definition) is 2. The van der Waals surface area contributed by atoms with Gasteiger partial charge in [-0.05, 0) is 18.2 Å². The standard InChI is InChI=1S/C13H15NO5S2/c1-3-7-20-8-6-14-21(17,18)10-4-5-12(19-2)11(9-10)13(15)16/h1,4-5,9,14H,6-8H2,2H3,(H,15,16). The van der Waals surface area contributed by atoms with Gasteiger partial charge >= 0.3 is 5.97 Å². The van der Waals surface area contributed by atoms with E-state index in [1.54, 1.807) is 0 Å². The second-order valence-corrected chi connectivity index (χ2v) is 6.69. The van der Waals surface area contributed by atoms with Crippen molar-refractivity contribution >= 4 is 27.8 Å². The van der Waals surface area contributed by atoms with E-state index in [1.807, 2.05) is 0 Å². The molecule has 0 aliphatic carbocycles. The number of thioether (sulfide) groups is 1. The number of nitrogens with one attached hydrogen (secondary N) is 1. The molecule has 0 aromatic heterocycles. The molecule has 114 valence electrons. The zero-order chi connectivity index (χ0) is 15.9. The van der Waals surface area contributed by atoms with Crippen LogP contribution in [0.2, 0.25) is 0 Å². The second kappa shape index (κ2) is 7.93. The summed E-state index contributed by atoms with van der Waals surface area (Å²) >= 11 is 1.43. The molecule has 0 atom stereocenters. The summed E-state index contributed by atoms with van der Waals surface area (Å²) in [5.74, 6) is 2.32. The van der Waals surface area contributed by atoms with Crippen LogP contribution in [0.3, 0.4) is 0 Å². The molecule has 1 rings (SSSR count). The van der Waals surface area contributed by atoms with Crippen molar-refractivity contribution in [2.75, 3.05) is 25.2 Å². The monoisotopic (exact) mass is 329 g/mol. The number of rotatable bonds is 8. The summed E-state index contributed by atoms with van der Waals surface area (Å²) in [6.07, 6.45) is 5.08. The van der Waals surface area contributed by atoms with E-state index in [1.165, 1.54) is 31.0 Å². The normalized spacial score (nSPS) is 10.9. The Morgan fingerprint density at radius 3 is 2.81 bits per heavy atom. The molecule has 0 aliphatic heterocycles. The fourth-order valence-electron chi connectivity index (χ4n) is 1.48. The Morgan fingerprint density at radius 2 is 2.24 bits per heavy atom. The van der Waals surface area contributed by atoms with Crippen LogP contribution < -0.4 is 9.46 Å². The number of aromatic carboxylic acids is 1. The molecular formula is C13H15NO5S2. The van der Waals surface area contributed by atoms with Crippen LogP contribution in [0.25, 0.3) is 0 Å². The Bertz CT molecular complexity index is 649. The lowest BCUT2D eigenvalue weighted by molar-refractivity contribution is 0.0693. The zero-order valence-corrected chi connectivity index (χ0v) is 13.0. The van der Waals surface area contributed by atoms with Crippen molar-refractivity contribution < 1.29 is 23.1 Å². The Balaban J connectivity index is 2.86. The Morgan fingerprint density at radius 1 is 1.52 bits per heavy atom. The highest BCUT2D eigenvalue weighted by Crippen LogP contribution is 2.22. The van der Waals surface area contributed by atoms with Crippen molar-refractivity contribution in [1.82, 2.24) is 4.72 Å². The number of carbonyl (C=O) groups is 1. The minimum atomic E-state index is -3.76. The predicted octanol–water partition coefficient (Wildman–Crippen LogP) is 1.04. The highest BCUT2D eigenvalue weighted by Gasteiger charge is 2.18. The summed E-state index contributed by atoms with van der Waals surface area (Å²) in [7, 11) is -2.45. The van der Waals surface area contributed by atoms with Gasteiger partial charge in [-0.15, -0.1) is 18.2 Å². The summed E-state index contributed by atoms with van der Waals surface area (Å²) < 4.78 is 31.4. The minimum absolute atomic E-state index is 0.103. The molecule has 0 saturated carbocycles. The third kappa shape index (κ3) is 4.97. The Labute approximate surface area is 127 Å². The molecule has 2 N–H and O–H groups in total. The molecule has 8 heteroatoms. The van der Waals surface area contributed by atoms with Crippen molar-refractivity contribution in [3.63, 3.8) is 0 Å². The van der Waals surface area contributed by atoms with Gasteiger partial charge in [-0.3, -0.25) is 0 Å². The molecule has 0 saturated heterocycles. The quantitative estimate of drug-likeness (QED) is 0.547. The molecule has 21 heavy (non-hydrogen) atoms.